The van der Waals surface area contributed by atoms with Gasteiger partial charge in [-0.2, -0.15) is 4.31 Å². The van der Waals surface area contributed by atoms with Crippen LogP contribution in [0.3, 0.4) is 0 Å². The first kappa shape index (κ1) is 18.0. The number of benzene rings is 2. The summed E-state index contributed by atoms with van der Waals surface area (Å²) in [7, 11) is -2.10. The smallest absolute Gasteiger partial charge is 0.243 e. The second-order valence-corrected chi connectivity index (χ2v) is 9.20. The number of ether oxygens (including phenoxy) is 1. The fourth-order valence-electron chi connectivity index (χ4n) is 4.02. The molecule has 2 heterocycles. The highest BCUT2D eigenvalue weighted by Gasteiger charge is 2.50. The lowest BCUT2D eigenvalue weighted by molar-refractivity contribution is -0.117. The molecule has 0 radical (unpaired) electrons. The van der Waals surface area contributed by atoms with Crippen molar-refractivity contribution in [3.8, 4) is 5.75 Å². The van der Waals surface area contributed by atoms with Gasteiger partial charge in [-0.1, -0.05) is 24.3 Å². The zero-order valence-electron chi connectivity index (χ0n) is 15.2. The molecule has 0 bridgehead atoms. The molecule has 0 saturated carbocycles. The summed E-state index contributed by atoms with van der Waals surface area (Å²) in [4.78, 5) is 14.6. The first-order valence-electron chi connectivity index (χ1n) is 8.93. The van der Waals surface area contributed by atoms with Crippen LogP contribution in [0.15, 0.2) is 59.5 Å². The van der Waals surface area contributed by atoms with Gasteiger partial charge in [0.05, 0.1) is 12.0 Å². The number of para-hydroxylation sites is 1. The number of sulfonamides is 1. The van der Waals surface area contributed by atoms with Gasteiger partial charge < -0.3 is 9.64 Å². The Labute approximate surface area is 159 Å². The van der Waals surface area contributed by atoms with Crippen molar-refractivity contribution in [2.45, 2.75) is 17.7 Å². The molecule has 1 spiro atoms. The van der Waals surface area contributed by atoms with E-state index in [4.69, 9.17) is 4.74 Å². The minimum Gasteiger partial charge on any atom is -0.497 e. The van der Waals surface area contributed by atoms with Gasteiger partial charge in [0.25, 0.3) is 0 Å². The van der Waals surface area contributed by atoms with Gasteiger partial charge in [0.2, 0.25) is 15.9 Å². The lowest BCUT2D eigenvalue weighted by atomic mass is 9.86. The van der Waals surface area contributed by atoms with Crippen LogP contribution in [0.1, 0.15) is 12.8 Å². The van der Waals surface area contributed by atoms with Crippen LogP contribution in [-0.4, -0.2) is 45.4 Å². The van der Waals surface area contributed by atoms with Crippen LogP contribution < -0.4 is 9.64 Å². The average Bonchev–Trinajstić information content (AvgIpc) is 3.26. The molecule has 2 saturated heterocycles. The van der Waals surface area contributed by atoms with Crippen molar-refractivity contribution in [2.75, 3.05) is 31.6 Å². The molecule has 0 N–H and O–H groups in total. The molecule has 1 amide bonds. The number of carbonyl (C=O) groups is 1. The zero-order valence-corrected chi connectivity index (χ0v) is 16.0. The van der Waals surface area contributed by atoms with Crippen LogP contribution in [0, 0.1) is 5.41 Å². The van der Waals surface area contributed by atoms with Gasteiger partial charge >= 0.3 is 0 Å². The normalized spacial score (nSPS) is 23.3. The molecule has 0 aliphatic carbocycles. The Morgan fingerprint density at radius 1 is 1.04 bits per heavy atom. The minimum atomic E-state index is -3.61. The molecule has 142 valence electrons. The number of carbonyl (C=O) groups excluding carboxylic acids is 1. The SMILES string of the molecule is COc1cccc(S(=O)(=O)N2CC[C@@]3(CC(=O)N(c4ccccc4)C3)C2)c1. The Balaban J connectivity index is 1.55. The molecule has 2 aromatic carbocycles. The molecule has 2 aromatic rings. The number of amides is 1. The van der Waals surface area contributed by atoms with Gasteiger partial charge in [0, 0.05) is 43.2 Å². The Morgan fingerprint density at radius 3 is 2.56 bits per heavy atom. The number of hydrogen-bond donors (Lipinski definition) is 0. The maximum absolute atomic E-state index is 13.0. The van der Waals surface area contributed by atoms with Gasteiger partial charge in [-0.05, 0) is 30.7 Å². The van der Waals surface area contributed by atoms with E-state index in [1.165, 1.54) is 17.5 Å². The van der Waals surface area contributed by atoms with E-state index < -0.39 is 10.0 Å². The Bertz CT molecular complexity index is 961. The fourth-order valence-corrected chi connectivity index (χ4v) is 5.61. The molecule has 7 heteroatoms. The highest BCUT2D eigenvalue weighted by Crippen LogP contribution is 2.43. The summed E-state index contributed by atoms with van der Waals surface area (Å²) in [5.74, 6) is 0.568. The maximum atomic E-state index is 13.0. The van der Waals surface area contributed by atoms with Crippen LogP contribution >= 0.6 is 0 Å². The average molecular weight is 386 g/mol. The second kappa shape index (κ2) is 6.65. The largest absolute Gasteiger partial charge is 0.497 e. The van der Waals surface area contributed by atoms with Crippen LogP contribution in [0.2, 0.25) is 0 Å². The Morgan fingerprint density at radius 2 is 1.81 bits per heavy atom. The molecule has 0 unspecified atom stereocenters. The molecule has 2 fully saturated rings. The van der Waals surface area contributed by atoms with E-state index in [1.54, 1.807) is 23.1 Å². The Hall–Kier alpha value is -2.38. The number of nitrogens with zero attached hydrogens (tertiary/aromatic N) is 2. The van der Waals surface area contributed by atoms with Crippen LogP contribution in [0.25, 0.3) is 0 Å². The van der Waals surface area contributed by atoms with E-state index in [-0.39, 0.29) is 16.2 Å². The molecular weight excluding hydrogens is 364 g/mol. The lowest BCUT2D eigenvalue weighted by Gasteiger charge is -2.24. The van der Waals surface area contributed by atoms with Gasteiger partial charge in [0.1, 0.15) is 5.75 Å². The third kappa shape index (κ3) is 3.21. The standard InChI is InChI=1S/C20H22N2O4S/c1-26-17-8-5-9-18(12-17)27(24,25)21-11-10-20(14-21)13-19(23)22(15-20)16-6-3-2-4-7-16/h2-9,12H,10-11,13-15H2,1H3/t20-/m1/s1. The molecule has 27 heavy (non-hydrogen) atoms. The fraction of sp³-hybridized carbons (Fsp3) is 0.350. The predicted octanol–water partition coefficient (Wildman–Crippen LogP) is 2.51. The van der Waals surface area contributed by atoms with Gasteiger partial charge in [0.15, 0.2) is 0 Å². The molecule has 4 rings (SSSR count). The quantitative estimate of drug-likeness (QED) is 0.810. The summed E-state index contributed by atoms with van der Waals surface area (Å²) in [6.45, 7) is 1.34. The van der Waals surface area contributed by atoms with Gasteiger partial charge in [-0.15, -0.1) is 0 Å². The van der Waals surface area contributed by atoms with Crippen LogP contribution in [0.5, 0.6) is 5.75 Å². The summed E-state index contributed by atoms with van der Waals surface area (Å²) in [5.41, 5.74) is 0.548. The molecule has 2 aliphatic rings. The van der Waals surface area contributed by atoms with Crippen LogP contribution in [0.4, 0.5) is 5.69 Å². The third-order valence-corrected chi connectivity index (χ3v) is 7.31. The number of methoxy groups -OCH3 is 1. The van der Waals surface area contributed by atoms with Crippen molar-refractivity contribution in [3.05, 3.63) is 54.6 Å². The van der Waals surface area contributed by atoms with Crippen molar-refractivity contribution in [1.82, 2.24) is 4.31 Å². The number of rotatable bonds is 4. The predicted molar refractivity (Wildman–Crippen MR) is 102 cm³/mol. The highest BCUT2D eigenvalue weighted by atomic mass is 32.2. The molecular formula is C20H22N2O4S. The summed E-state index contributed by atoms with van der Waals surface area (Å²) in [6.07, 6.45) is 1.07. The van der Waals surface area contributed by atoms with E-state index in [2.05, 4.69) is 0 Å². The van der Waals surface area contributed by atoms with Crippen molar-refractivity contribution in [3.63, 3.8) is 0 Å². The zero-order chi connectivity index (χ0) is 19.1. The minimum absolute atomic E-state index is 0.0572. The topological polar surface area (TPSA) is 66.9 Å². The molecule has 2 aliphatic heterocycles. The molecule has 6 nitrogen and oxygen atoms in total. The first-order chi connectivity index (χ1) is 12.9. The number of hydrogen-bond acceptors (Lipinski definition) is 4. The maximum Gasteiger partial charge on any atom is 0.243 e. The summed E-state index contributed by atoms with van der Waals surface area (Å²) < 4.78 is 32.7. The summed E-state index contributed by atoms with van der Waals surface area (Å²) in [5, 5.41) is 0. The summed E-state index contributed by atoms with van der Waals surface area (Å²) in [6, 6.07) is 16.1. The lowest BCUT2D eigenvalue weighted by Crippen LogP contribution is -2.34. The van der Waals surface area contributed by atoms with E-state index in [9.17, 15) is 13.2 Å². The highest BCUT2D eigenvalue weighted by molar-refractivity contribution is 7.89. The van der Waals surface area contributed by atoms with Gasteiger partial charge in [-0.25, -0.2) is 8.42 Å². The van der Waals surface area contributed by atoms with Crippen molar-refractivity contribution < 1.29 is 17.9 Å². The van der Waals surface area contributed by atoms with E-state index in [1.807, 2.05) is 30.3 Å². The molecule has 0 aromatic heterocycles. The van der Waals surface area contributed by atoms with E-state index >= 15 is 0 Å². The molecule has 1 atom stereocenters. The van der Waals surface area contributed by atoms with Crippen molar-refractivity contribution >= 4 is 21.6 Å². The summed E-state index contributed by atoms with van der Waals surface area (Å²) >= 11 is 0. The second-order valence-electron chi connectivity index (χ2n) is 7.26. The van der Waals surface area contributed by atoms with Gasteiger partial charge in [-0.3, -0.25) is 4.79 Å². The van der Waals surface area contributed by atoms with E-state index in [0.717, 1.165) is 5.69 Å². The van der Waals surface area contributed by atoms with Crippen molar-refractivity contribution in [1.29, 1.82) is 0 Å². The van der Waals surface area contributed by atoms with E-state index in [0.29, 0.717) is 38.2 Å². The van der Waals surface area contributed by atoms with Crippen LogP contribution in [-0.2, 0) is 14.8 Å². The number of anilines is 1. The van der Waals surface area contributed by atoms with Crippen molar-refractivity contribution in [2.24, 2.45) is 5.41 Å². The third-order valence-electron chi connectivity index (χ3n) is 5.47. The Kier molecular flexibility index (Phi) is 4.44. The monoisotopic (exact) mass is 386 g/mol. The first-order valence-corrected chi connectivity index (χ1v) is 10.4.